The van der Waals surface area contributed by atoms with Crippen molar-refractivity contribution in [3.8, 4) is 5.69 Å². The summed E-state index contributed by atoms with van der Waals surface area (Å²) in [5.41, 5.74) is 11.8. The lowest BCUT2D eigenvalue weighted by Gasteiger charge is -2.11. The molecule has 1 amide bonds. The van der Waals surface area contributed by atoms with Crippen molar-refractivity contribution >= 4 is 39.8 Å². The van der Waals surface area contributed by atoms with E-state index in [2.05, 4.69) is 108 Å². The fraction of sp³-hybridized carbons (Fsp3) is 0.280. The molecule has 1 heterocycles. The van der Waals surface area contributed by atoms with Crippen LogP contribution in [0.4, 0.5) is 0 Å². The molecule has 1 aromatic heterocycles. The van der Waals surface area contributed by atoms with Gasteiger partial charge in [0, 0.05) is 32.9 Å². The molecule has 0 fully saturated rings. The molecule has 0 aliphatic heterocycles. The molecule has 0 radical (unpaired) electrons. The minimum absolute atomic E-state index is 0.104. The first kappa shape index (κ1) is 23.4. The van der Waals surface area contributed by atoms with E-state index in [0.29, 0.717) is 5.75 Å². The van der Waals surface area contributed by atoms with Crippen molar-refractivity contribution in [1.82, 2.24) is 9.99 Å². The second-order valence-electron chi connectivity index (χ2n) is 7.85. The van der Waals surface area contributed by atoms with Gasteiger partial charge in [-0.3, -0.25) is 4.79 Å². The van der Waals surface area contributed by atoms with Crippen molar-refractivity contribution < 1.29 is 4.79 Å². The zero-order valence-electron chi connectivity index (χ0n) is 18.6. The van der Waals surface area contributed by atoms with Crippen LogP contribution in [0.15, 0.2) is 52.0 Å². The molecule has 3 aromatic rings. The van der Waals surface area contributed by atoms with Gasteiger partial charge >= 0.3 is 0 Å². The van der Waals surface area contributed by atoms with Crippen LogP contribution in [-0.4, -0.2) is 22.4 Å². The first-order valence-electron chi connectivity index (χ1n) is 10.2. The summed E-state index contributed by atoms with van der Waals surface area (Å²) in [6, 6.07) is 14.9. The minimum Gasteiger partial charge on any atom is -0.317 e. The number of amides is 1. The molecule has 0 saturated heterocycles. The van der Waals surface area contributed by atoms with Gasteiger partial charge in [0.25, 0.3) is 0 Å². The van der Waals surface area contributed by atoms with Crippen LogP contribution in [-0.2, 0) is 10.5 Å². The average Bonchev–Trinajstić information content (AvgIpc) is 2.92. The standard InChI is InChI=1S/C25H28BrN3OS/c1-16-6-8-21(9-7-16)14-31-15-24(30)28-27-13-23-19(4)29(20(5)25(23)26)22-11-17(2)10-18(3)12-22/h6-13H,14-15H2,1-5H3,(H,28,30)/b27-13-. The summed E-state index contributed by atoms with van der Waals surface area (Å²) >= 11 is 5.28. The van der Waals surface area contributed by atoms with Crippen molar-refractivity contribution in [2.75, 3.05) is 5.75 Å². The highest BCUT2D eigenvalue weighted by Gasteiger charge is 2.16. The number of thioether (sulfide) groups is 1. The Morgan fingerprint density at radius 3 is 2.29 bits per heavy atom. The Bertz CT molecular complexity index is 1100. The Labute approximate surface area is 197 Å². The second-order valence-corrected chi connectivity index (χ2v) is 9.63. The maximum atomic E-state index is 12.2. The molecule has 0 spiro atoms. The zero-order chi connectivity index (χ0) is 22.5. The fourth-order valence-electron chi connectivity index (χ4n) is 3.59. The van der Waals surface area contributed by atoms with Gasteiger partial charge in [0.2, 0.25) is 5.91 Å². The maximum absolute atomic E-state index is 12.2. The predicted octanol–water partition coefficient (Wildman–Crippen LogP) is 6.17. The monoisotopic (exact) mass is 497 g/mol. The quantitative estimate of drug-likeness (QED) is 0.313. The van der Waals surface area contributed by atoms with Crippen LogP contribution in [0.2, 0.25) is 0 Å². The Kier molecular flexibility index (Phi) is 7.79. The molecular weight excluding hydrogens is 470 g/mol. The number of halogens is 1. The van der Waals surface area contributed by atoms with E-state index in [4.69, 9.17) is 0 Å². The zero-order valence-corrected chi connectivity index (χ0v) is 21.0. The van der Waals surface area contributed by atoms with Gasteiger partial charge in [-0.25, -0.2) is 5.43 Å². The minimum atomic E-state index is -0.104. The largest absolute Gasteiger partial charge is 0.317 e. The molecule has 0 aliphatic carbocycles. The van der Waals surface area contributed by atoms with Crippen LogP contribution in [0.3, 0.4) is 0 Å². The Hall–Kier alpha value is -2.31. The third-order valence-corrected chi connectivity index (χ3v) is 7.09. The highest BCUT2D eigenvalue weighted by Crippen LogP contribution is 2.30. The summed E-state index contributed by atoms with van der Waals surface area (Å²) in [5, 5.41) is 4.20. The number of aryl methyl sites for hydroxylation is 3. The molecule has 0 saturated carbocycles. The summed E-state index contributed by atoms with van der Waals surface area (Å²) in [4.78, 5) is 12.2. The van der Waals surface area contributed by atoms with E-state index in [1.54, 1.807) is 18.0 Å². The number of hydrogen-bond acceptors (Lipinski definition) is 3. The lowest BCUT2D eigenvalue weighted by molar-refractivity contribution is -0.118. The first-order valence-corrected chi connectivity index (χ1v) is 12.1. The lowest BCUT2D eigenvalue weighted by Crippen LogP contribution is -2.19. The molecule has 4 nitrogen and oxygen atoms in total. The third kappa shape index (κ3) is 5.89. The number of hydrazone groups is 1. The van der Waals surface area contributed by atoms with Gasteiger partial charge in [-0.1, -0.05) is 35.9 Å². The highest BCUT2D eigenvalue weighted by molar-refractivity contribution is 9.10. The maximum Gasteiger partial charge on any atom is 0.250 e. The van der Waals surface area contributed by atoms with Gasteiger partial charge < -0.3 is 4.57 Å². The Morgan fingerprint density at radius 2 is 1.65 bits per heavy atom. The summed E-state index contributed by atoms with van der Waals surface area (Å²) in [6.45, 7) is 10.4. The molecule has 0 bridgehead atoms. The number of nitrogens with zero attached hydrogens (tertiary/aromatic N) is 2. The SMILES string of the molecule is Cc1ccc(CSCC(=O)N/N=C\c2c(Br)c(C)n(-c3cc(C)cc(C)c3)c2C)cc1. The first-order chi connectivity index (χ1) is 14.8. The summed E-state index contributed by atoms with van der Waals surface area (Å²) in [5.74, 6) is 1.07. The number of hydrogen-bond donors (Lipinski definition) is 1. The number of carbonyl (C=O) groups is 1. The van der Waals surface area contributed by atoms with Gasteiger partial charge in [0.15, 0.2) is 0 Å². The van der Waals surface area contributed by atoms with Crippen molar-refractivity contribution in [2.45, 2.75) is 40.4 Å². The van der Waals surface area contributed by atoms with Crippen molar-refractivity contribution in [3.63, 3.8) is 0 Å². The van der Waals surface area contributed by atoms with Crippen molar-refractivity contribution in [2.24, 2.45) is 5.10 Å². The molecule has 31 heavy (non-hydrogen) atoms. The molecule has 6 heteroatoms. The van der Waals surface area contributed by atoms with Crippen LogP contribution >= 0.6 is 27.7 Å². The van der Waals surface area contributed by atoms with Crippen LogP contribution in [0.25, 0.3) is 5.69 Å². The molecule has 0 unspecified atom stereocenters. The molecular formula is C25H28BrN3OS. The number of nitrogens with one attached hydrogen (secondary N) is 1. The van der Waals surface area contributed by atoms with Crippen LogP contribution < -0.4 is 5.43 Å². The van der Waals surface area contributed by atoms with Gasteiger partial charge in [-0.2, -0.15) is 5.10 Å². The van der Waals surface area contributed by atoms with E-state index in [9.17, 15) is 4.79 Å². The summed E-state index contributed by atoms with van der Waals surface area (Å²) < 4.78 is 3.20. The highest BCUT2D eigenvalue weighted by atomic mass is 79.9. The van der Waals surface area contributed by atoms with E-state index in [-0.39, 0.29) is 5.91 Å². The predicted molar refractivity (Wildman–Crippen MR) is 135 cm³/mol. The topological polar surface area (TPSA) is 46.4 Å². The van der Waals surface area contributed by atoms with E-state index in [1.165, 1.54) is 22.3 Å². The summed E-state index contributed by atoms with van der Waals surface area (Å²) in [7, 11) is 0. The number of rotatable bonds is 7. The van der Waals surface area contributed by atoms with Crippen molar-refractivity contribution in [1.29, 1.82) is 0 Å². The molecule has 1 N–H and O–H groups in total. The number of carbonyl (C=O) groups excluding carboxylic acids is 1. The van der Waals surface area contributed by atoms with Crippen LogP contribution in [0.1, 0.15) is 39.2 Å². The third-order valence-electron chi connectivity index (χ3n) is 5.08. The summed E-state index contributed by atoms with van der Waals surface area (Å²) in [6.07, 6.45) is 1.72. The molecule has 0 atom stereocenters. The molecule has 2 aromatic carbocycles. The van der Waals surface area contributed by atoms with Crippen molar-refractivity contribution in [3.05, 3.63) is 86.1 Å². The van der Waals surface area contributed by atoms with E-state index < -0.39 is 0 Å². The van der Waals surface area contributed by atoms with E-state index in [1.807, 2.05) is 0 Å². The van der Waals surface area contributed by atoms with E-state index >= 15 is 0 Å². The van der Waals surface area contributed by atoms with Gasteiger partial charge in [0.1, 0.15) is 0 Å². The van der Waals surface area contributed by atoms with Crippen LogP contribution in [0, 0.1) is 34.6 Å². The van der Waals surface area contributed by atoms with Gasteiger partial charge in [-0.05, 0) is 79.4 Å². The number of aromatic nitrogens is 1. The Morgan fingerprint density at radius 1 is 1.00 bits per heavy atom. The molecule has 0 aliphatic rings. The van der Waals surface area contributed by atoms with Crippen LogP contribution in [0.5, 0.6) is 0 Å². The van der Waals surface area contributed by atoms with E-state index in [0.717, 1.165) is 32.9 Å². The average molecular weight is 498 g/mol. The second kappa shape index (κ2) is 10.3. The van der Waals surface area contributed by atoms with Gasteiger partial charge in [-0.15, -0.1) is 11.8 Å². The normalized spacial score (nSPS) is 11.3. The Balaban J connectivity index is 1.64. The lowest BCUT2D eigenvalue weighted by atomic mass is 10.1. The molecule has 162 valence electrons. The fourth-order valence-corrected chi connectivity index (χ4v) is 4.93. The smallest absolute Gasteiger partial charge is 0.250 e. The number of benzene rings is 2. The van der Waals surface area contributed by atoms with Gasteiger partial charge in [0.05, 0.1) is 12.0 Å². The molecule has 3 rings (SSSR count).